The molecule has 0 aliphatic rings. The van der Waals surface area contributed by atoms with Crippen LogP contribution in [0.2, 0.25) is 0 Å². The summed E-state index contributed by atoms with van der Waals surface area (Å²) in [5.74, 6) is -0.587. The number of ether oxygens (including phenoxy) is 1. The number of unbranched alkanes of at least 4 members (excludes halogenated alkanes) is 4. The third-order valence-electron chi connectivity index (χ3n) is 6.43. The van der Waals surface area contributed by atoms with Crippen molar-refractivity contribution in [1.29, 1.82) is 0 Å². The van der Waals surface area contributed by atoms with E-state index in [1.54, 1.807) is 25.7 Å². The molecule has 0 aromatic heterocycles. The normalized spacial score (nSPS) is 13.8. The Morgan fingerprint density at radius 2 is 1.68 bits per heavy atom. The van der Waals surface area contributed by atoms with Crippen molar-refractivity contribution in [3.8, 4) is 0 Å². The lowest BCUT2D eigenvalue weighted by Gasteiger charge is -2.36. The Labute approximate surface area is 225 Å². The highest BCUT2D eigenvalue weighted by Crippen LogP contribution is 2.26. The fourth-order valence-electron chi connectivity index (χ4n) is 4.17. The number of benzene rings is 1. The molecule has 0 heterocycles. The molecule has 0 fully saturated rings. The molecule has 0 spiro atoms. The van der Waals surface area contributed by atoms with Gasteiger partial charge in [0.1, 0.15) is 17.7 Å². The van der Waals surface area contributed by atoms with Crippen molar-refractivity contribution >= 4 is 17.9 Å². The highest BCUT2D eigenvalue weighted by molar-refractivity contribution is 5.92. The van der Waals surface area contributed by atoms with E-state index in [1.165, 1.54) is 0 Å². The largest absolute Gasteiger partial charge is 0.444 e. The summed E-state index contributed by atoms with van der Waals surface area (Å²) in [7, 11) is 0. The predicted octanol–water partition coefficient (Wildman–Crippen LogP) is 6.30. The highest BCUT2D eigenvalue weighted by atomic mass is 16.6. The first-order valence-electron chi connectivity index (χ1n) is 14.1. The number of nitrogens with zero attached hydrogens (tertiary/aromatic N) is 1. The molecule has 1 rings (SSSR count). The smallest absolute Gasteiger partial charge is 0.408 e. The summed E-state index contributed by atoms with van der Waals surface area (Å²) >= 11 is 0. The molecule has 3 unspecified atom stereocenters. The van der Waals surface area contributed by atoms with Gasteiger partial charge in [0.05, 0.1) is 0 Å². The van der Waals surface area contributed by atoms with Crippen LogP contribution in [0.1, 0.15) is 111 Å². The maximum atomic E-state index is 14.2. The second kappa shape index (κ2) is 16.3. The van der Waals surface area contributed by atoms with Crippen LogP contribution in [0.25, 0.3) is 0 Å². The first-order chi connectivity index (χ1) is 17.4. The fraction of sp³-hybridized carbons (Fsp3) is 0.700. The van der Waals surface area contributed by atoms with Gasteiger partial charge in [-0.25, -0.2) is 4.79 Å². The summed E-state index contributed by atoms with van der Waals surface area (Å²) < 4.78 is 5.48. The van der Waals surface area contributed by atoms with Gasteiger partial charge in [-0.2, -0.15) is 0 Å². The number of rotatable bonds is 15. The molecular weight excluding hydrogens is 466 g/mol. The minimum absolute atomic E-state index is 0.139. The van der Waals surface area contributed by atoms with Crippen molar-refractivity contribution in [3.63, 3.8) is 0 Å². The standard InChI is InChI=1S/C30H51N3O4/c1-9-12-14-15-20-33(28(35)25(23(5)11-3)32-29(36)37-30(6,7)8)26(27(34)31-19-13-10-2)24-18-16-17-22(4)21-24/h16-18,21,23,25-26H,9-15,19-20H2,1-8H3,(H,31,34)(H,32,36). The average molecular weight is 518 g/mol. The minimum Gasteiger partial charge on any atom is -0.444 e. The zero-order chi connectivity index (χ0) is 28.0. The Morgan fingerprint density at radius 3 is 2.24 bits per heavy atom. The molecule has 1 aromatic carbocycles. The van der Waals surface area contributed by atoms with E-state index >= 15 is 0 Å². The molecule has 7 heteroatoms. The Kier molecular flexibility index (Phi) is 14.3. The van der Waals surface area contributed by atoms with E-state index < -0.39 is 23.8 Å². The summed E-state index contributed by atoms with van der Waals surface area (Å²) in [6.45, 7) is 16.5. The molecule has 1 aromatic rings. The second-order valence-electron chi connectivity index (χ2n) is 11.1. The Bertz CT molecular complexity index is 849. The average Bonchev–Trinajstić information content (AvgIpc) is 2.82. The number of carbonyl (C=O) groups excluding carboxylic acids is 3. The number of carbonyl (C=O) groups is 3. The van der Waals surface area contributed by atoms with Crippen molar-refractivity contribution in [2.75, 3.05) is 13.1 Å². The highest BCUT2D eigenvalue weighted by Gasteiger charge is 2.37. The van der Waals surface area contributed by atoms with E-state index in [0.717, 1.165) is 49.7 Å². The van der Waals surface area contributed by atoms with E-state index in [2.05, 4.69) is 24.5 Å². The van der Waals surface area contributed by atoms with Crippen LogP contribution in [-0.2, 0) is 14.3 Å². The van der Waals surface area contributed by atoms with Gasteiger partial charge < -0.3 is 20.3 Å². The Morgan fingerprint density at radius 1 is 1.00 bits per heavy atom. The summed E-state index contributed by atoms with van der Waals surface area (Å²) in [4.78, 5) is 42.2. The maximum absolute atomic E-state index is 14.2. The molecule has 0 saturated carbocycles. The first kappa shape index (κ1) is 32.5. The lowest BCUT2D eigenvalue weighted by atomic mass is 9.95. The molecule has 210 valence electrons. The number of hydrogen-bond donors (Lipinski definition) is 2. The fourth-order valence-corrected chi connectivity index (χ4v) is 4.17. The molecule has 7 nitrogen and oxygen atoms in total. The third-order valence-corrected chi connectivity index (χ3v) is 6.43. The number of aryl methyl sites for hydroxylation is 1. The summed E-state index contributed by atoms with van der Waals surface area (Å²) in [6, 6.07) is 6.19. The van der Waals surface area contributed by atoms with Crippen LogP contribution >= 0.6 is 0 Å². The van der Waals surface area contributed by atoms with Crippen LogP contribution < -0.4 is 10.6 Å². The lowest BCUT2D eigenvalue weighted by Crippen LogP contribution is -2.55. The molecule has 37 heavy (non-hydrogen) atoms. The van der Waals surface area contributed by atoms with Crippen LogP contribution in [0.4, 0.5) is 4.79 Å². The van der Waals surface area contributed by atoms with E-state index in [0.29, 0.717) is 19.5 Å². The minimum atomic E-state index is -0.804. The van der Waals surface area contributed by atoms with Crippen molar-refractivity contribution in [3.05, 3.63) is 35.4 Å². The van der Waals surface area contributed by atoms with E-state index in [4.69, 9.17) is 4.74 Å². The van der Waals surface area contributed by atoms with Crippen LogP contribution in [0, 0.1) is 12.8 Å². The Hall–Kier alpha value is -2.57. The molecule has 0 radical (unpaired) electrons. The van der Waals surface area contributed by atoms with Gasteiger partial charge >= 0.3 is 6.09 Å². The van der Waals surface area contributed by atoms with Crippen molar-refractivity contribution in [2.24, 2.45) is 5.92 Å². The van der Waals surface area contributed by atoms with Gasteiger partial charge in [-0.15, -0.1) is 0 Å². The predicted molar refractivity (Wildman–Crippen MR) is 150 cm³/mol. The first-order valence-corrected chi connectivity index (χ1v) is 14.1. The zero-order valence-electron chi connectivity index (χ0n) is 24.5. The van der Waals surface area contributed by atoms with Gasteiger partial charge in [0, 0.05) is 13.1 Å². The topological polar surface area (TPSA) is 87.7 Å². The molecule has 3 atom stereocenters. The molecule has 0 bridgehead atoms. The summed E-state index contributed by atoms with van der Waals surface area (Å²) in [5.41, 5.74) is 1.11. The molecule has 0 aliphatic heterocycles. The van der Waals surface area contributed by atoms with Crippen molar-refractivity contribution < 1.29 is 19.1 Å². The number of alkyl carbamates (subject to hydrolysis) is 1. The number of hydrogen-bond acceptors (Lipinski definition) is 4. The van der Waals surface area contributed by atoms with Gasteiger partial charge in [-0.05, 0) is 52.0 Å². The number of amides is 3. The Balaban J connectivity index is 3.46. The van der Waals surface area contributed by atoms with Gasteiger partial charge in [0.25, 0.3) is 0 Å². The van der Waals surface area contributed by atoms with E-state index in [9.17, 15) is 14.4 Å². The van der Waals surface area contributed by atoms with Crippen LogP contribution in [0.3, 0.4) is 0 Å². The lowest BCUT2D eigenvalue weighted by molar-refractivity contribution is -0.143. The van der Waals surface area contributed by atoms with Crippen molar-refractivity contribution in [2.45, 2.75) is 118 Å². The zero-order valence-corrected chi connectivity index (χ0v) is 24.5. The van der Waals surface area contributed by atoms with Gasteiger partial charge in [0.2, 0.25) is 11.8 Å². The van der Waals surface area contributed by atoms with Crippen LogP contribution in [-0.4, -0.2) is 47.5 Å². The van der Waals surface area contributed by atoms with Crippen LogP contribution in [0.15, 0.2) is 24.3 Å². The third kappa shape index (κ3) is 11.6. The summed E-state index contributed by atoms with van der Waals surface area (Å²) in [5, 5.41) is 5.88. The van der Waals surface area contributed by atoms with Crippen LogP contribution in [0.5, 0.6) is 0 Å². The van der Waals surface area contributed by atoms with Gasteiger partial charge in [-0.3, -0.25) is 9.59 Å². The van der Waals surface area contributed by atoms with Gasteiger partial charge in [0.15, 0.2) is 0 Å². The van der Waals surface area contributed by atoms with Crippen molar-refractivity contribution in [1.82, 2.24) is 15.5 Å². The molecule has 0 saturated heterocycles. The van der Waals surface area contributed by atoms with Gasteiger partial charge in [-0.1, -0.05) is 89.6 Å². The molecule has 0 aliphatic carbocycles. The second-order valence-corrected chi connectivity index (χ2v) is 11.1. The molecular formula is C30H51N3O4. The monoisotopic (exact) mass is 517 g/mol. The van der Waals surface area contributed by atoms with E-state index in [-0.39, 0.29) is 17.7 Å². The molecule has 2 N–H and O–H groups in total. The summed E-state index contributed by atoms with van der Waals surface area (Å²) in [6.07, 6.45) is 5.77. The SMILES string of the molecule is CCCCCCN(C(=O)C(NC(=O)OC(C)(C)C)C(C)CC)C(C(=O)NCCCC)c1cccc(C)c1. The quantitative estimate of drug-likeness (QED) is 0.267. The number of nitrogens with one attached hydrogen (secondary N) is 2. The molecule has 3 amide bonds. The maximum Gasteiger partial charge on any atom is 0.408 e. The van der Waals surface area contributed by atoms with E-state index in [1.807, 2.05) is 45.0 Å².